The molecule has 0 radical (unpaired) electrons. The van der Waals surface area contributed by atoms with Crippen molar-refractivity contribution in [3.63, 3.8) is 0 Å². The van der Waals surface area contributed by atoms with Crippen molar-refractivity contribution < 1.29 is 18.3 Å². The molecule has 1 aliphatic heterocycles. The summed E-state index contributed by atoms with van der Waals surface area (Å²) in [5.41, 5.74) is -0.145. The van der Waals surface area contributed by atoms with Crippen molar-refractivity contribution in [3.8, 4) is 5.75 Å². The summed E-state index contributed by atoms with van der Waals surface area (Å²) in [4.78, 5) is 12.8. The van der Waals surface area contributed by atoms with Crippen LogP contribution in [0.5, 0.6) is 5.75 Å². The Kier molecular flexibility index (Phi) is 6.61. The van der Waals surface area contributed by atoms with E-state index in [4.69, 9.17) is 4.74 Å². The number of ether oxygens (including phenoxy) is 1. The summed E-state index contributed by atoms with van der Waals surface area (Å²) in [5.74, 6) is 0.546. The van der Waals surface area contributed by atoms with Crippen molar-refractivity contribution in [2.45, 2.75) is 77.6 Å². The van der Waals surface area contributed by atoms with Gasteiger partial charge in [0, 0.05) is 12.5 Å². The summed E-state index contributed by atoms with van der Waals surface area (Å²) in [7, 11) is 0. The molecule has 3 unspecified atom stereocenters. The normalized spacial score (nSPS) is 24.4. The standard InChI is InChI=1S/C20H30F2N2O2/c1-5-12-20(13-11-14(3)6-2)18(25)23-17(24-20)15-9-7-8-10-16(15)26-19(4,21)22/h7-10,14,17,24H,5-6,11-13H2,1-4H3,(H,23,25). The lowest BCUT2D eigenvalue weighted by Gasteiger charge is -2.28. The monoisotopic (exact) mass is 368 g/mol. The number of amides is 1. The number of carbonyl (C=O) groups excluding carboxylic acids is 1. The van der Waals surface area contributed by atoms with E-state index in [0.29, 0.717) is 24.8 Å². The summed E-state index contributed by atoms with van der Waals surface area (Å²) < 4.78 is 31.5. The third-order valence-corrected chi connectivity index (χ3v) is 5.09. The average Bonchev–Trinajstić information content (AvgIpc) is 2.89. The van der Waals surface area contributed by atoms with Gasteiger partial charge in [-0.2, -0.15) is 8.78 Å². The molecule has 0 aromatic heterocycles. The van der Waals surface area contributed by atoms with Gasteiger partial charge in [-0.25, -0.2) is 0 Å². The Bertz CT molecular complexity index is 618. The second-order valence-electron chi connectivity index (χ2n) is 7.38. The molecule has 1 heterocycles. The van der Waals surface area contributed by atoms with Crippen molar-refractivity contribution in [1.82, 2.24) is 10.6 Å². The number of benzene rings is 1. The Balaban J connectivity index is 2.24. The van der Waals surface area contributed by atoms with Crippen molar-refractivity contribution in [1.29, 1.82) is 0 Å². The maximum Gasteiger partial charge on any atom is 0.394 e. The van der Waals surface area contributed by atoms with Crippen LogP contribution in [0, 0.1) is 5.92 Å². The van der Waals surface area contributed by atoms with Gasteiger partial charge in [-0.15, -0.1) is 0 Å². The molecule has 6 heteroatoms. The fourth-order valence-corrected chi connectivity index (χ4v) is 3.43. The fourth-order valence-electron chi connectivity index (χ4n) is 3.43. The molecular weight excluding hydrogens is 338 g/mol. The number of carbonyl (C=O) groups is 1. The highest BCUT2D eigenvalue weighted by molar-refractivity contribution is 5.89. The molecule has 1 aliphatic rings. The van der Waals surface area contributed by atoms with E-state index < -0.39 is 17.8 Å². The van der Waals surface area contributed by atoms with E-state index in [1.165, 1.54) is 6.07 Å². The lowest BCUT2D eigenvalue weighted by atomic mass is 9.85. The molecule has 0 spiro atoms. The van der Waals surface area contributed by atoms with Crippen LogP contribution < -0.4 is 15.4 Å². The molecule has 3 atom stereocenters. The Morgan fingerprint density at radius 2 is 1.96 bits per heavy atom. The molecule has 1 aromatic rings. The van der Waals surface area contributed by atoms with Crippen LogP contribution in [-0.4, -0.2) is 17.6 Å². The van der Waals surface area contributed by atoms with Gasteiger partial charge in [0.2, 0.25) is 5.91 Å². The van der Waals surface area contributed by atoms with Crippen molar-refractivity contribution >= 4 is 5.91 Å². The minimum Gasteiger partial charge on any atom is -0.432 e. The van der Waals surface area contributed by atoms with Crippen molar-refractivity contribution in [3.05, 3.63) is 29.8 Å². The van der Waals surface area contributed by atoms with Crippen molar-refractivity contribution in [2.75, 3.05) is 0 Å². The van der Waals surface area contributed by atoms with Crippen LogP contribution in [-0.2, 0) is 4.79 Å². The third kappa shape index (κ3) is 4.93. The molecule has 4 nitrogen and oxygen atoms in total. The lowest BCUT2D eigenvalue weighted by Crippen LogP contribution is -2.46. The van der Waals surface area contributed by atoms with Gasteiger partial charge >= 0.3 is 6.11 Å². The Morgan fingerprint density at radius 3 is 2.58 bits per heavy atom. The average molecular weight is 368 g/mol. The topological polar surface area (TPSA) is 50.4 Å². The van der Waals surface area contributed by atoms with Gasteiger partial charge in [0.1, 0.15) is 11.9 Å². The second-order valence-corrected chi connectivity index (χ2v) is 7.38. The van der Waals surface area contributed by atoms with E-state index >= 15 is 0 Å². The molecule has 1 amide bonds. The first-order chi connectivity index (χ1) is 12.2. The predicted molar refractivity (Wildman–Crippen MR) is 98.0 cm³/mol. The molecule has 26 heavy (non-hydrogen) atoms. The van der Waals surface area contributed by atoms with Crippen LogP contribution in [0.25, 0.3) is 0 Å². The minimum atomic E-state index is -3.28. The summed E-state index contributed by atoms with van der Waals surface area (Å²) in [6.45, 7) is 7.07. The van der Waals surface area contributed by atoms with E-state index in [1.807, 2.05) is 6.92 Å². The van der Waals surface area contributed by atoms with E-state index in [2.05, 4.69) is 24.5 Å². The zero-order valence-electron chi connectivity index (χ0n) is 16.1. The Labute approximate surface area is 154 Å². The van der Waals surface area contributed by atoms with E-state index in [1.54, 1.807) is 18.2 Å². The molecule has 0 bridgehead atoms. The summed E-state index contributed by atoms with van der Waals surface area (Å²) in [6.07, 6.45) is 0.479. The van der Waals surface area contributed by atoms with Gasteiger partial charge in [0.25, 0.3) is 0 Å². The van der Waals surface area contributed by atoms with Crippen LogP contribution in [0.2, 0.25) is 0 Å². The molecule has 2 N–H and O–H groups in total. The maximum absolute atomic E-state index is 13.3. The first kappa shape index (κ1) is 20.6. The molecule has 1 aromatic carbocycles. The fraction of sp³-hybridized carbons (Fsp3) is 0.650. The van der Waals surface area contributed by atoms with Gasteiger partial charge in [-0.1, -0.05) is 51.8 Å². The van der Waals surface area contributed by atoms with Crippen LogP contribution in [0.15, 0.2) is 24.3 Å². The largest absolute Gasteiger partial charge is 0.432 e. The molecular formula is C20H30F2N2O2. The number of halogens is 2. The Hall–Kier alpha value is -1.69. The summed E-state index contributed by atoms with van der Waals surface area (Å²) >= 11 is 0. The van der Waals surface area contributed by atoms with Gasteiger partial charge in [-0.05, 0) is 31.2 Å². The molecule has 146 valence electrons. The number of alkyl halides is 2. The van der Waals surface area contributed by atoms with Crippen LogP contribution in [0.4, 0.5) is 8.78 Å². The van der Waals surface area contributed by atoms with Crippen LogP contribution >= 0.6 is 0 Å². The highest BCUT2D eigenvalue weighted by atomic mass is 19.3. The number of hydrogen-bond donors (Lipinski definition) is 2. The minimum absolute atomic E-state index is 0.0642. The number of nitrogens with one attached hydrogen (secondary N) is 2. The van der Waals surface area contributed by atoms with Gasteiger partial charge in [0.15, 0.2) is 0 Å². The second kappa shape index (κ2) is 8.33. The SMILES string of the molecule is CCCC1(CCC(C)CC)NC(c2ccccc2OC(C)(F)F)NC1=O. The first-order valence-electron chi connectivity index (χ1n) is 9.45. The van der Waals surface area contributed by atoms with Crippen molar-refractivity contribution in [2.24, 2.45) is 5.92 Å². The smallest absolute Gasteiger partial charge is 0.394 e. The van der Waals surface area contributed by atoms with Gasteiger partial charge in [-0.3, -0.25) is 10.1 Å². The zero-order chi connectivity index (χ0) is 19.4. The van der Waals surface area contributed by atoms with Gasteiger partial charge < -0.3 is 10.1 Å². The van der Waals surface area contributed by atoms with E-state index in [-0.39, 0.29) is 11.7 Å². The molecule has 0 aliphatic carbocycles. The Morgan fingerprint density at radius 1 is 1.27 bits per heavy atom. The van der Waals surface area contributed by atoms with E-state index in [0.717, 1.165) is 25.7 Å². The summed E-state index contributed by atoms with van der Waals surface area (Å²) in [6, 6.07) is 6.60. The molecule has 2 rings (SSSR count). The van der Waals surface area contributed by atoms with E-state index in [9.17, 15) is 13.6 Å². The molecule has 0 saturated carbocycles. The number of rotatable bonds is 9. The highest BCUT2D eigenvalue weighted by Gasteiger charge is 2.46. The summed E-state index contributed by atoms with van der Waals surface area (Å²) in [5, 5.41) is 6.33. The third-order valence-electron chi connectivity index (χ3n) is 5.09. The number of hydrogen-bond acceptors (Lipinski definition) is 3. The first-order valence-corrected chi connectivity index (χ1v) is 9.45. The molecule has 1 fully saturated rings. The quantitative estimate of drug-likeness (QED) is 0.661. The predicted octanol–water partition coefficient (Wildman–Crippen LogP) is 4.76. The zero-order valence-corrected chi connectivity index (χ0v) is 16.1. The lowest BCUT2D eigenvalue weighted by molar-refractivity contribution is -0.159. The van der Waals surface area contributed by atoms with Gasteiger partial charge in [0.05, 0.1) is 5.54 Å². The van der Waals surface area contributed by atoms with Crippen LogP contribution in [0.1, 0.15) is 71.5 Å². The highest BCUT2D eigenvalue weighted by Crippen LogP contribution is 2.35. The van der Waals surface area contributed by atoms with Crippen LogP contribution in [0.3, 0.4) is 0 Å². The number of para-hydroxylation sites is 1. The molecule has 1 saturated heterocycles. The maximum atomic E-state index is 13.3.